The second kappa shape index (κ2) is 5.83. The first kappa shape index (κ1) is 13.7. The molecule has 2 heteroatoms. The Kier molecular flexibility index (Phi) is 5.00. The van der Waals surface area contributed by atoms with E-state index in [0.29, 0.717) is 0 Å². The summed E-state index contributed by atoms with van der Waals surface area (Å²) in [6.07, 6.45) is 2.33. The maximum Gasteiger partial charge on any atom is 0.0210 e. The monoisotopic (exact) mass is 283 g/mol. The molecule has 0 heterocycles. The van der Waals surface area contributed by atoms with E-state index in [-0.39, 0.29) is 5.54 Å². The summed E-state index contributed by atoms with van der Waals surface area (Å²) in [4.78, 5) is 0. The van der Waals surface area contributed by atoms with Gasteiger partial charge in [-0.2, -0.15) is 0 Å². The Bertz CT molecular complexity index is 343. The van der Waals surface area contributed by atoms with Crippen LogP contribution in [0.5, 0.6) is 0 Å². The third-order valence-electron chi connectivity index (χ3n) is 3.52. The van der Waals surface area contributed by atoms with Gasteiger partial charge >= 0.3 is 0 Å². The van der Waals surface area contributed by atoms with Crippen LogP contribution in [0, 0.1) is 6.92 Å². The number of halogens is 1. The van der Waals surface area contributed by atoms with Crippen molar-refractivity contribution in [1.82, 2.24) is 5.32 Å². The van der Waals surface area contributed by atoms with Gasteiger partial charge in [0.05, 0.1) is 0 Å². The minimum Gasteiger partial charge on any atom is -0.307 e. The molecule has 1 N–H and O–H groups in total. The van der Waals surface area contributed by atoms with E-state index in [1.807, 2.05) is 0 Å². The summed E-state index contributed by atoms with van der Waals surface area (Å²) in [5.41, 5.74) is 2.89. The molecule has 0 amide bonds. The predicted octanol–water partition coefficient (Wildman–Crippen LogP) is 4.43. The van der Waals surface area contributed by atoms with Crippen LogP contribution in [0.25, 0.3) is 0 Å². The first-order chi connectivity index (χ1) is 7.50. The fraction of sp³-hybridized carbons (Fsp3) is 0.571. The molecule has 1 rings (SSSR count). The number of rotatable bonds is 5. The first-order valence-corrected chi connectivity index (χ1v) is 6.80. The largest absolute Gasteiger partial charge is 0.307 e. The highest BCUT2D eigenvalue weighted by Gasteiger charge is 2.17. The van der Waals surface area contributed by atoms with Crippen molar-refractivity contribution >= 4 is 15.9 Å². The van der Waals surface area contributed by atoms with Gasteiger partial charge in [-0.25, -0.2) is 0 Å². The van der Waals surface area contributed by atoms with Crippen molar-refractivity contribution in [2.45, 2.75) is 52.6 Å². The molecule has 0 aliphatic heterocycles. The zero-order valence-corrected chi connectivity index (χ0v) is 12.3. The quantitative estimate of drug-likeness (QED) is 0.843. The van der Waals surface area contributed by atoms with Crippen molar-refractivity contribution in [2.24, 2.45) is 0 Å². The molecular formula is C14H22BrN. The molecule has 0 radical (unpaired) electrons. The van der Waals surface area contributed by atoms with Crippen LogP contribution in [0.2, 0.25) is 0 Å². The van der Waals surface area contributed by atoms with Gasteiger partial charge in [-0.05, 0) is 43.9 Å². The molecule has 1 nitrogen and oxygen atoms in total. The molecule has 0 saturated heterocycles. The smallest absolute Gasteiger partial charge is 0.0210 e. The second-order valence-electron chi connectivity index (χ2n) is 4.70. The van der Waals surface area contributed by atoms with Gasteiger partial charge in [0.1, 0.15) is 0 Å². The van der Waals surface area contributed by atoms with Gasteiger partial charge < -0.3 is 5.32 Å². The highest BCUT2D eigenvalue weighted by Crippen LogP contribution is 2.19. The molecular weight excluding hydrogens is 262 g/mol. The van der Waals surface area contributed by atoms with E-state index in [4.69, 9.17) is 0 Å². The molecule has 90 valence electrons. The van der Waals surface area contributed by atoms with E-state index >= 15 is 0 Å². The topological polar surface area (TPSA) is 12.0 Å². The Labute approximate surface area is 108 Å². The Balaban J connectivity index is 2.64. The van der Waals surface area contributed by atoms with Gasteiger partial charge in [-0.15, -0.1) is 0 Å². The van der Waals surface area contributed by atoms with Crippen LogP contribution in [0.15, 0.2) is 22.7 Å². The van der Waals surface area contributed by atoms with E-state index < -0.39 is 0 Å². The van der Waals surface area contributed by atoms with Crippen molar-refractivity contribution in [3.8, 4) is 0 Å². The first-order valence-electron chi connectivity index (χ1n) is 6.01. The van der Waals surface area contributed by atoms with Crippen LogP contribution in [0.3, 0.4) is 0 Å². The maximum absolute atomic E-state index is 3.64. The number of hydrogen-bond donors (Lipinski definition) is 1. The molecule has 0 unspecified atom stereocenters. The normalized spacial score (nSPS) is 11.8. The number of nitrogens with one attached hydrogen (secondary N) is 1. The molecule has 0 aliphatic carbocycles. The standard InChI is InChI=1S/C14H22BrN/c1-5-14(4,6-2)16-10-12-8-7-11(3)13(15)9-12/h7-9,16H,5-6,10H2,1-4H3. The molecule has 1 aromatic rings. The average Bonchev–Trinajstić information content (AvgIpc) is 2.30. The molecule has 0 aliphatic rings. The molecule has 0 atom stereocenters. The fourth-order valence-electron chi connectivity index (χ4n) is 1.56. The Morgan fingerprint density at radius 1 is 1.25 bits per heavy atom. The third-order valence-corrected chi connectivity index (χ3v) is 4.37. The lowest BCUT2D eigenvalue weighted by atomic mass is 9.95. The Morgan fingerprint density at radius 2 is 1.88 bits per heavy atom. The minimum absolute atomic E-state index is 0.261. The summed E-state index contributed by atoms with van der Waals surface area (Å²) >= 11 is 3.57. The van der Waals surface area contributed by atoms with Crippen LogP contribution < -0.4 is 5.32 Å². The van der Waals surface area contributed by atoms with E-state index in [0.717, 1.165) is 19.4 Å². The zero-order valence-electron chi connectivity index (χ0n) is 10.7. The third kappa shape index (κ3) is 3.60. The van der Waals surface area contributed by atoms with Crippen LogP contribution >= 0.6 is 15.9 Å². The SMILES string of the molecule is CCC(C)(CC)NCc1ccc(C)c(Br)c1. The van der Waals surface area contributed by atoms with Crippen LogP contribution in [0.1, 0.15) is 44.7 Å². The Morgan fingerprint density at radius 3 is 2.38 bits per heavy atom. The van der Waals surface area contributed by atoms with Gasteiger partial charge in [0, 0.05) is 16.6 Å². The summed E-state index contributed by atoms with van der Waals surface area (Å²) < 4.78 is 1.20. The second-order valence-corrected chi connectivity index (χ2v) is 5.56. The zero-order chi connectivity index (χ0) is 12.2. The Hall–Kier alpha value is -0.340. The molecule has 0 saturated carbocycles. The van der Waals surface area contributed by atoms with Crippen LogP contribution in [-0.2, 0) is 6.54 Å². The summed E-state index contributed by atoms with van der Waals surface area (Å²) in [6.45, 7) is 9.82. The van der Waals surface area contributed by atoms with E-state index in [2.05, 4.69) is 67.1 Å². The fourth-order valence-corrected chi connectivity index (χ4v) is 1.99. The van der Waals surface area contributed by atoms with Crippen LogP contribution in [0.4, 0.5) is 0 Å². The number of aryl methyl sites for hydroxylation is 1. The van der Waals surface area contributed by atoms with Gasteiger partial charge in [0.15, 0.2) is 0 Å². The summed E-state index contributed by atoms with van der Waals surface area (Å²) in [7, 11) is 0. The van der Waals surface area contributed by atoms with Gasteiger partial charge in [-0.1, -0.05) is 41.9 Å². The minimum atomic E-state index is 0.261. The van der Waals surface area contributed by atoms with Crippen molar-refractivity contribution in [2.75, 3.05) is 0 Å². The van der Waals surface area contributed by atoms with Crippen molar-refractivity contribution in [3.63, 3.8) is 0 Å². The molecule has 1 aromatic carbocycles. The molecule has 16 heavy (non-hydrogen) atoms. The van der Waals surface area contributed by atoms with E-state index in [9.17, 15) is 0 Å². The molecule has 0 bridgehead atoms. The van der Waals surface area contributed by atoms with E-state index in [1.165, 1.54) is 15.6 Å². The van der Waals surface area contributed by atoms with Crippen molar-refractivity contribution in [3.05, 3.63) is 33.8 Å². The maximum atomic E-state index is 3.64. The molecule has 0 fully saturated rings. The van der Waals surface area contributed by atoms with Gasteiger partial charge in [-0.3, -0.25) is 0 Å². The number of benzene rings is 1. The highest BCUT2D eigenvalue weighted by atomic mass is 79.9. The lowest BCUT2D eigenvalue weighted by molar-refractivity contribution is 0.329. The van der Waals surface area contributed by atoms with Crippen molar-refractivity contribution < 1.29 is 0 Å². The summed E-state index contributed by atoms with van der Waals surface area (Å²) in [6, 6.07) is 6.56. The highest BCUT2D eigenvalue weighted by molar-refractivity contribution is 9.10. The predicted molar refractivity (Wildman–Crippen MR) is 74.7 cm³/mol. The van der Waals surface area contributed by atoms with Gasteiger partial charge in [0.25, 0.3) is 0 Å². The molecule has 0 aromatic heterocycles. The van der Waals surface area contributed by atoms with Crippen molar-refractivity contribution in [1.29, 1.82) is 0 Å². The number of hydrogen-bond acceptors (Lipinski definition) is 1. The summed E-state index contributed by atoms with van der Waals surface area (Å²) in [5.74, 6) is 0. The lowest BCUT2D eigenvalue weighted by Crippen LogP contribution is -2.40. The molecule has 0 spiro atoms. The van der Waals surface area contributed by atoms with Crippen LogP contribution in [-0.4, -0.2) is 5.54 Å². The lowest BCUT2D eigenvalue weighted by Gasteiger charge is -2.28. The van der Waals surface area contributed by atoms with E-state index in [1.54, 1.807) is 0 Å². The van der Waals surface area contributed by atoms with Gasteiger partial charge in [0.2, 0.25) is 0 Å². The summed E-state index contributed by atoms with van der Waals surface area (Å²) in [5, 5.41) is 3.64. The average molecular weight is 284 g/mol.